The number of amides is 1. The minimum atomic E-state index is -3.03. The second-order valence-electron chi connectivity index (χ2n) is 2.67. The molecule has 1 rings (SSSR count). The third-order valence-corrected chi connectivity index (χ3v) is 1.60. The van der Waals surface area contributed by atoms with E-state index >= 15 is 0 Å². The molecule has 7 heteroatoms. The zero-order valence-corrected chi connectivity index (χ0v) is 7.25. The van der Waals surface area contributed by atoms with Crippen molar-refractivity contribution >= 4 is 5.91 Å². The summed E-state index contributed by atoms with van der Waals surface area (Å²) in [6.45, 7) is 0. The van der Waals surface area contributed by atoms with Gasteiger partial charge in [-0.15, -0.1) is 0 Å². The highest BCUT2D eigenvalue weighted by molar-refractivity contribution is 5.92. The monoisotopic (exact) mass is 222 g/mol. The van der Waals surface area contributed by atoms with Crippen LogP contribution in [-0.2, 0) is 0 Å². The minimum Gasteiger partial charge on any atom is -0.366 e. The maximum atomic E-state index is 12.2. The lowest BCUT2D eigenvalue weighted by atomic mass is 10.2. The van der Waals surface area contributed by atoms with Crippen molar-refractivity contribution in [3.05, 3.63) is 29.1 Å². The van der Waals surface area contributed by atoms with E-state index in [4.69, 9.17) is 5.73 Å². The summed E-state index contributed by atoms with van der Waals surface area (Å²) >= 11 is 0. The van der Waals surface area contributed by atoms with Gasteiger partial charge in [-0.2, -0.15) is 0 Å². The van der Waals surface area contributed by atoms with E-state index in [2.05, 4.69) is 4.98 Å². The molecule has 1 aromatic rings. The number of rotatable bonds is 3. The Hall–Kier alpha value is -1.66. The molecule has 0 radical (unpaired) electrons. The zero-order valence-electron chi connectivity index (χ0n) is 7.25. The number of aromatic nitrogens is 1. The van der Waals surface area contributed by atoms with Crippen LogP contribution in [-0.4, -0.2) is 10.9 Å². The molecule has 0 aromatic carbocycles. The van der Waals surface area contributed by atoms with Gasteiger partial charge in [0.15, 0.2) is 0 Å². The summed E-state index contributed by atoms with van der Waals surface area (Å²) in [6, 6.07) is 1.39. The van der Waals surface area contributed by atoms with Gasteiger partial charge in [0.25, 0.3) is 12.9 Å². The number of pyridine rings is 1. The van der Waals surface area contributed by atoms with Crippen LogP contribution in [0.3, 0.4) is 0 Å². The van der Waals surface area contributed by atoms with Crippen molar-refractivity contribution in [3.63, 3.8) is 0 Å². The van der Waals surface area contributed by atoms with Crippen LogP contribution in [0.15, 0.2) is 12.1 Å². The van der Waals surface area contributed by atoms with Crippen LogP contribution >= 0.6 is 0 Å². The molecule has 0 saturated heterocycles. The molecule has 0 unspecified atom stereocenters. The van der Waals surface area contributed by atoms with E-state index in [0.717, 1.165) is 0 Å². The standard InChI is InChI=1S/C8H6F4N2O/c9-6(10)4-1-3(8(13)15)2-5(14-4)7(11)12/h1-2,6-7H,(H2,13,15). The molecule has 1 amide bonds. The highest BCUT2D eigenvalue weighted by Crippen LogP contribution is 2.23. The summed E-state index contributed by atoms with van der Waals surface area (Å²) in [4.78, 5) is 13.7. The fourth-order valence-electron chi connectivity index (χ4n) is 0.940. The van der Waals surface area contributed by atoms with Crippen LogP contribution in [0.5, 0.6) is 0 Å². The number of carbonyl (C=O) groups excluding carboxylic acids is 1. The Morgan fingerprint density at radius 2 is 1.53 bits per heavy atom. The van der Waals surface area contributed by atoms with Crippen molar-refractivity contribution in [1.82, 2.24) is 4.98 Å². The lowest BCUT2D eigenvalue weighted by molar-refractivity contribution is 0.0998. The predicted octanol–water partition coefficient (Wildman–Crippen LogP) is 2.06. The fraction of sp³-hybridized carbons (Fsp3) is 0.250. The Morgan fingerprint density at radius 1 is 1.13 bits per heavy atom. The zero-order chi connectivity index (χ0) is 11.6. The number of alkyl halides is 4. The Balaban J connectivity index is 3.26. The quantitative estimate of drug-likeness (QED) is 0.795. The van der Waals surface area contributed by atoms with E-state index in [1.54, 1.807) is 0 Å². The van der Waals surface area contributed by atoms with Gasteiger partial charge in [0.05, 0.1) is 0 Å². The van der Waals surface area contributed by atoms with E-state index in [0.29, 0.717) is 12.1 Å². The van der Waals surface area contributed by atoms with Gasteiger partial charge >= 0.3 is 0 Å². The van der Waals surface area contributed by atoms with Gasteiger partial charge in [0.2, 0.25) is 5.91 Å². The van der Waals surface area contributed by atoms with Crippen LogP contribution in [0.1, 0.15) is 34.6 Å². The molecule has 1 aromatic heterocycles. The fourth-order valence-corrected chi connectivity index (χ4v) is 0.940. The lowest BCUT2D eigenvalue weighted by Gasteiger charge is -2.05. The van der Waals surface area contributed by atoms with Crippen molar-refractivity contribution in [2.24, 2.45) is 5.73 Å². The highest BCUT2D eigenvalue weighted by atomic mass is 19.3. The molecule has 0 saturated carbocycles. The summed E-state index contributed by atoms with van der Waals surface area (Å²) in [7, 11) is 0. The molecule has 1 heterocycles. The first-order valence-electron chi connectivity index (χ1n) is 3.79. The number of halogens is 4. The predicted molar refractivity (Wildman–Crippen MR) is 42.7 cm³/mol. The molecule has 0 fully saturated rings. The lowest BCUT2D eigenvalue weighted by Crippen LogP contribution is -2.13. The van der Waals surface area contributed by atoms with Gasteiger partial charge in [-0.1, -0.05) is 0 Å². The number of primary amides is 1. The highest BCUT2D eigenvalue weighted by Gasteiger charge is 2.18. The van der Waals surface area contributed by atoms with Crippen molar-refractivity contribution < 1.29 is 22.4 Å². The third-order valence-electron chi connectivity index (χ3n) is 1.60. The summed E-state index contributed by atoms with van der Waals surface area (Å²) in [5.74, 6) is -1.05. The van der Waals surface area contributed by atoms with Gasteiger partial charge < -0.3 is 5.73 Å². The molecular formula is C8H6F4N2O. The average molecular weight is 222 g/mol. The first kappa shape index (κ1) is 11.4. The van der Waals surface area contributed by atoms with Crippen LogP contribution in [0.2, 0.25) is 0 Å². The number of nitrogens with zero attached hydrogens (tertiary/aromatic N) is 1. The van der Waals surface area contributed by atoms with E-state index in [1.165, 1.54) is 0 Å². The third kappa shape index (κ3) is 2.64. The number of hydrogen-bond donors (Lipinski definition) is 1. The summed E-state index contributed by atoms with van der Waals surface area (Å²) in [6.07, 6.45) is -6.05. The summed E-state index contributed by atoms with van der Waals surface area (Å²) < 4.78 is 48.8. The maximum absolute atomic E-state index is 12.2. The normalized spacial score (nSPS) is 11.1. The van der Waals surface area contributed by atoms with Crippen LogP contribution in [0, 0.1) is 0 Å². The average Bonchev–Trinajstić information content (AvgIpc) is 2.16. The molecule has 82 valence electrons. The number of nitrogens with two attached hydrogens (primary N) is 1. The van der Waals surface area contributed by atoms with Gasteiger partial charge in [-0.25, -0.2) is 22.5 Å². The van der Waals surface area contributed by atoms with Crippen molar-refractivity contribution in [2.75, 3.05) is 0 Å². The molecule has 0 aliphatic carbocycles. The Bertz CT molecular complexity index is 355. The van der Waals surface area contributed by atoms with Crippen LogP contribution in [0.4, 0.5) is 17.6 Å². The number of carbonyl (C=O) groups is 1. The van der Waals surface area contributed by atoms with E-state index in [-0.39, 0.29) is 0 Å². The smallest absolute Gasteiger partial charge is 0.280 e. The molecular weight excluding hydrogens is 216 g/mol. The second kappa shape index (κ2) is 4.24. The summed E-state index contributed by atoms with van der Waals surface area (Å²) in [5.41, 5.74) is 2.61. The van der Waals surface area contributed by atoms with E-state index in [1.807, 2.05) is 0 Å². The van der Waals surface area contributed by atoms with Gasteiger partial charge in [-0.3, -0.25) is 4.79 Å². The molecule has 0 aliphatic rings. The van der Waals surface area contributed by atoms with Gasteiger partial charge in [0, 0.05) is 5.56 Å². The van der Waals surface area contributed by atoms with Crippen LogP contribution in [0.25, 0.3) is 0 Å². The molecule has 0 aliphatic heterocycles. The Morgan fingerprint density at radius 3 is 1.80 bits per heavy atom. The molecule has 3 nitrogen and oxygen atoms in total. The maximum Gasteiger partial charge on any atom is 0.280 e. The van der Waals surface area contributed by atoms with Gasteiger partial charge in [-0.05, 0) is 12.1 Å². The Labute approximate surface area is 81.9 Å². The largest absolute Gasteiger partial charge is 0.366 e. The van der Waals surface area contributed by atoms with Crippen molar-refractivity contribution in [3.8, 4) is 0 Å². The first-order valence-corrected chi connectivity index (χ1v) is 3.79. The molecule has 0 bridgehead atoms. The van der Waals surface area contributed by atoms with E-state index in [9.17, 15) is 22.4 Å². The SMILES string of the molecule is NC(=O)c1cc(C(F)F)nc(C(F)F)c1. The molecule has 15 heavy (non-hydrogen) atoms. The second-order valence-corrected chi connectivity index (χ2v) is 2.67. The molecule has 2 N–H and O–H groups in total. The van der Waals surface area contributed by atoms with Crippen molar-refractivity contribution in [2.45, 2.75) is 12.9 Å². The Kier molecular flexibility index (Phi) is 3.23. The first-order chi connectivity index (χ1) is 6.91. The topological polar surface area (TPSA) is 56.0 Å². The van der Waals surface area contributed by atoms with Gasteiger partial charge in [0.1, 0.15) is 11.4 Å². The summed E-state index contributed by atoms with van der Waals surface area (Å²) in [5, 5.41) is 0. The van der Waals surface area contributed by atoms with Crippen molar-refractivity contribution in [1.29, 1.82) is 0 Å². The van der Waals surface area contributed by atoms with Crippen LogP contribution < -0.4 is 5.73 Å². The minimum absolute atomic E-state index is 0.407. The van der Waals surface area contributed by atoms with E-state index < -0.39 is 35.7 Å². The number of hydrogen-bond acceptors (Lipinski definition) is 2. The molecule has 0 atom stereocenters. The molecule has 0 spiro atoms.